The Morgan fingerprint density at radius 1 is 1.22 bits per heavy atom. The van der Waals surface area contributed by atoms with Crippen molar-refractivity contribution in [1.29, 1.82) is 0 Å². The smallest absolute Gasteiger partial charge is 0.0407 e. The number of benzene rings is 1. The molecular formula is C16H24N2. The normalized spacial score (nSPS) is 16.7. The summed E-state index contributed by atoms with van der Waals surface area (Å²) in [6.45, 7) is 9.59. The molecule has 0 spiro atoms. The van der Waals surface area contributed by atoms with Crippen molar-refractivity contribution in [1.82, 2.24) is 0 Å². The highest BCUT2D eigenvalue weighted by molar-refractivity contribution is 5.57. The lowest BCUT2D eigenvalue weighted by Crippen LogP contribution is -2.32. The van der Waals surface area contributed by atoms with Gasteiger partial charge in [0.25, 0.3) is 0 Å². The molecule has 2 heteroatoms. The van der Waals surface area contributed by atoms with Crippen LogP contribution in [0, 0.1) is 0 Å². The van der Waals surface area contributed by atoms with Gasteiger partial charge in [0.2, 0.25) is 0 Å². The van der Waals surface area contributed by atoms with Crippen LogP contribution >= 0.6 is 0 Å². The molecule has 0 bridgehead atoms. The standard InChI is InChI=1S/C16H24N2/c1-16(2,3)14-6-4-5-7-15(14)18-10-8-13(12-17)9-11-18/h4-8H,9-12,17H2,1-3H3. The molecule has 0 aromatic heterocycles. The van der Waals surface area contributed by atoms with Gasteiger partial charge in [0, 0.05) is 25.3 Å². The molecule has 0 aliphatic carbocycles. The number of para-hydroxylation sites is 1. The zero-order valence-electron chi connectivity index (χ0n) is 11.7. The third-order valence-corrected chi connectivity index (χ3v) is 3.62. The Morgan fingerprint density at radius 2 is 1.94 bits per heavy atom. The first-order chi connectivity index (χ1) is 8.52. The average Bonchev–Trinajstić information content (AvgIpc) is 2.38. The third kappa shape index (κ3) is 2.75. The van der Waals surface area contributed by atoms with Crippen LogP contribution in [0.15, 0.2) is 35.9 Å². The maximum absolute atomic E-state index is 5.70. The molecule has 1 heterocycles. The Hall–Kier alpha value is -1.28. The minimum absolute atomic E-state index is 0.189. The molecule has 1 aliphatic heterocycles. The monoisotopic (exact) mass is 244 g/mol. The van der Waals surface area contributed by atoms with Gasteiger partial charge in [-0.05, 0) is 23.5 Å². The van der Waals surface area contributed by atoms with Gasteiger partial charge in [-0.25, -0.2) is 0 Å². The summed E-state index contributed by atoms with van der Waals surface area (Å²) in [5.74, 6) is 0. The van der Waals surface area contributed by atoms with Crippen molar-refractivity contribution in [3.63, 3.8) is 0 Å². The molecule has 0 unspecified atom stereocenters. The van der Waals surface area contributed by atoms with Gasteiger partial charge in [0.15, 0.2) is 0 Å². The number of nitrogens with zero attached hydrogens (tertiary/aromatic N) is 1. The van der Waals surface area contributed by atoms with E-state index in [1.165, 1.54) is 16.8 Å². The second kappa shape index (κ2) is 5.15. The van der Waals surface area contributed by atoms with Crippen molar-refractivity contribution in [2.75, 3.05) is 24.5 Å². The number of rotatable bonds is 2. The van der Waals surface area contributed by atoms with Crippen molar-refractivity contribution in [2.45, 2.75) is 32.6 Å². The maximum Gasteiger partial charge on any atom is 0.0407 e. The molecule has 0 amide bonds. The van der Waals surface area contributed by atoms with E-state index >= 15 is 0 Å². The SMILES string of the molecule is CC(C)(C)c1ccccc1N1CC=C(CN)CC1. The lowest BCUT2D eigenvalue weighted by molar-refractivity contribution is 0.586. The van der Waals surface area contributed by atoms with Crippen LogP contribution in [0.5, 0.6) is 0 Å². The predicted octanol–water partition coefficient (Wildman–Crippen LogP) is 3.08. The fraction of sp³-hybridized carbons (Fsp3) is 0.500. The van der Waals surface area contributed by atoms with Crippen LogP contribution in [0.25, 0.3) is 0 Å². The van der Waals surface area contributed by atoms with E-state index in [1.807, 2.05) is 0 Å². The predicted molar refractivity (Wildman–Crippen MR) is 79.1 cm³/mol. The highest BCUT2D eigenvalue weighted by atomic mass is 15.1. The van der Waals surface area contributed by atoms with Crippen LogP contribution in [-0.4, -0.2) is 19.6 Å². The minimum atomic E-state index is 0.189. The summed E-state index contributed by atoms with van der Waals surface area (Å²) >= 11 is 0. The topological polar surface area (TPSA) is 29.3 Å². The summed E-state index contributed by atoms with van der Waals surface area (Å²) in [6, 6.07) is 8.75. The van der Waals surface area contributed by atoms with Crippen LogP contribution in [0.1, 0.15) is 32.8 Å². The van der Waals surface area contributed by atoms with E-state index in [9.17, 15) is 0 Å². The summed E-state index contributed by atoms with van der Waals surface area (Å²) in [7, 11) is 0. The van der Waals surface area contributed by atoms with Gasteiger partial charge in [-0.15, -0.1) is 0 Å². The summed E-state index contributed by atoms with van der Waals surface area (Å²) in [5.41, 5.74) is 10.1. The zero-order chi connectivity index (χ0) is 13.2. The Bertz CT molecular complexity index is 441. The lowest BCUT2D eigenvalue weighted by atomic mass is 9.85. The fourth-order valence-electron chi connectivity index (χ4n) is 2.50. The molecular weight excluding hydrogens is 220 g/mol. The summed E-state index contributed by atoms with van der Waals surface area (Å²) in [6.07, 6.45) is 3.37. The van der Waals surface area contributed by atoms with Crippen LogP contribution < -0.4 is 10.6 Å². The molecule has 98 valence electrons. The highest BCUT2D eigenvalue weighted by Gasteiger charge is 2.21. The van der Waals surface area contributed by atoms with Crippen molar-refractivity contribution >= 4 is 5.69 Å². The first-order valence-corrected chi connectivity index (χ1v) is 6.75. The fourth-order valence-corrected chi connectivity index (χ4v) is 2.50. The molecule has 0 fully saturated rings. The van der Waals surface area contributed by atoms with Gasteiger partial charge in [0.05, 0.1) is 0 Å². The van der Waals surface area contributed by atoms with E-state index in [2.05, 4.69) is 56.0 Å². The van der Waals surface area contributed by atoms with E-state index in [0.29, 0.717) is 6.54 Å². The first-order valence-electron chi connectivity index (χ1n) is 6.75. The largest absolute Gasteiger partial charge is 0.367 e. The molecule has 0 atom stereocenters. The van der Waals surface area contributed by atoms with Gasteiger partial charge in [-0.1, -0.05) is 50.6 Å². The maximum atomic E-state index is 5.70. The second-order valence-electron chi connectivity index (χ2n) is 6.03. The first kappa shape index (κ1) is 13.2. The molecule has 0 radical (unpaired) electrons. The Balaban J connectivity index is 2.27. The summed E-state index contributed by atoms with van der Waals surface area (Å²) < 4.78 is 0. The Morgan fingerprint density at radius 3 is 2.50 bits per heavy atom. The molecule has 2 N–H and O–H groups in total. The molecule has 1 aromatic carbocycles. The van der Waals surface area contributed by atoms with E-state index in [4.69, 9.17) is 5.73 Å². The van der Waals surface area contributed by atoms with Crippen molar-refractivity contribution in [3.8, 4) is 0 Å². The number of nitrogens with two attached hydrogens (primary N) is 1. The molecule has 0 saturated heterocycles. The second-order valence-corrected chi connectivity index (χ2v) is 6.03. The van der Waals surface area contributed by atoms with Crippen molar-refractivity contribution < 1.29 is 0 Å². The molecule has 2 nitrogen and oxygen atoms in total. The number of hydrogen-bond donors (Lipinski definition) is 1. The van der Waals surface area contributed by atoms with Crippen molar-refractivity contribution in [3.05, 3.63) is 41.5 Å². The summed E-state index contributed by atoms with van der Waals surface area (Å²) in [5, 5.41) is 0. The van der Waals surface area contributed by atoms with E-state index in [1.54, 1.807) is 0 Å². The number of anilines is 1. The van der Waals surface area contributed by atoms with E-state index in [0.717, 1.165) is 19.5 Å². The molecule has 2 rings (SSSR count). The van der Waals surface area contributed by atoms with Gasteiger partial charge in [-0.3, -0.25) is 0 Å². The Labute approximate surface area is 110 Å². The van der Waals surface area contributed by atoms with Crippen LogP contribution in [-0.2, 0) is 5.41 Å². The highest BCUT2D eigenvalue weighted by Crippen LogP contribution is 2.32. The van der Waals surface area contributed by atoms with Gasteiger partial charge < -0.3 is 10.6 Å². The van der Waals surface area contributed by atoms with E-state index in [-0.39, 0.29) is 5.41 Å². The quantitative estimate of drug-likeness (QED) is 0.810. The molecule has 0 saturated carbocycles. The van der Waals surface area contributed by atoms with Crippen LogP contribution in [0.4, 0.5) is 5.69 Å². The average molecular weight is 244 g/mol. The Kier molecular flexibility index (Phi) is 3.76. The zero-order valence-corrected chi connectivity index (χ0v) is 11.7. The van der Waals surface area contributed by atoms with Crippen LogP contribution in [0.2, 0.25) is 0 Å². The minimum Gasteiger partial charge on any atom is -0.367 e. The van der Waals surface area contributed by atoms with Crippen LogP contribution in [0.3, 0.4) is 0 Å². The lowest BCUT2D eigenvalue weighted by Gasteiger charge is -2.33. The third-order valence-electron chi connectivity index (χ3n) is 3.62. The number of hydrogen-bond acceptors (Lipinski definition) is 2. The van der Waals surface area contributed by atoms with Crippen molar-refractivity contribution in [2.24, 2.45) is 5.73 Å². The molecule has 1 aromatic rings. The molecule has 1 aliphatic rings. The van der Waals surface area contributed by atoms with Gasteiger partial charge in [-0.2, -0.15) is 0 Å². The summed E-state index contributed by atoms with van der Waals surface area (Å²) in [4.78, 5) is 2.46. The van der Waals surface area contributed by atoms with Gasteiger partial charge >= 0.3 is 0 Å². The van der Waals surface area contributed by atoms with Gasteiger partial charge in [0.1, 0.15) is 0 Å². The van der Waals surface area contributed by atoms with E-state index < -0.39 is 0 Å². The molecule has 18 heavy (non-hydrogen) atoms.